The van der Waals surface area contributed by atoms with Crippen LogP contribution in [0.2, 0.25) is 0 Å². The van der Waals surface area contributed by atoms with Crippen molar-refractivity contribution in [2.45, 2.75) is 65.1 Å². The zero-order valence-corrected chi connectivity index (χ0v) is 18.6. The first kappa shape index (κ1) is 20.9. The van der Waals surface area contributed by atoms with Gasteiger partial charge in [-0.15, -0.1) is 0 Å². The van der Waals surface area contributed by atoms with Crippen molar-refractivity contribution in [1.29, 1.82) is 0 Å². The number of nitrogens with zero attached hydrogens (tertiary/aromatic N) is 3. The summed E-state index contributed by atoms with van der Waals surface area (Å²) in [6, 6.07) is 10.3. The third-order valence-corrected chi connectivity index (χ3v) is 6.68. The number of para-hydroxylation sites is 1. The Kier molecular flexibility index (Phi) is 5.62. The van der Waals surface area contributed by atoms with E-state index in [0.29, 0.717) is 25.3 Å². The van der Waals surface area contributed by atoms with E-state index in [0.717, 1.165) is 31.6 Å². The minimum absolute atomic E-state index is 0.0107. The molecule has 4 rings (SSSR count). The smallest absolute Gasteiger partial charge is 0.327 e. The number of rotatable bonds is 6. The number of imide groups is 1. The average molecular weight is 411 g/mol. The van der Waals surface area contributed by atoms with Crippen molar-refractivity contribution in [1.82, 2.24) is 19.7 Å². The Labute approximate surface area is 179 Å². The number of urea groups is 1. The minimum Gasteiger partial charge on any atom is -0.357 e. The molecule has 0 radical (unpaired) electrons. The summed E-state index contributed by atoms with van der Waals surface area (Å²) in [7, 11) is 0. The summed E-state index contributed by atoms with van der Waals surface area (Å²) < 4.78 is 0. The fraction of sp³-hybridized carbons (Fsp3) is 0.583. The zero-order chi connectivity index (χ0) is 21.5. The van der Waals surface area contributed by atoms with E-state index in [2.05, 4.69) is 48.0 Å². The van der Waals surface area contributed by atoms with Gasteiger partial charge in [-0.2, -0.15) is 0 Å². The highest BCUT2D eigenvalue weighted by Gasteiger charge is 2.58. The highest BCUT2D eigenvalue weighted by atomic mass is 16.2. The second-order valence-corrected chi connectivity index (χ2v) is 9.58. The Bertz CT molecular complexity index is 891. The maximum atomic E-state index is 13.4. The van der Waals surface area contributed by atoms with Crippen LogP contribution in [0.5, 0.6) is 0 Å². The van der Waals surface area contributed by atoms with Gasteiger partial charge in [-0.25, -0.2) is 4.79 Å². The molecule has 162 valence electrons. The molecule has 3 heterocycles. The van der Waals surface area contributed by atoms with Crippen molar-refractivity contribution in [3.8, 4) is 0 Å². The van der Waals surface area contributed by atoms with Crippen LogP contribution in [-0.2, 0) is 11.3 Å². The molecule has 1 N–H and O–H groups in total. The van der Waals surface area contributed by atoms with Crippen molar-refractivity contribution in [2.24, 2.45) is 5.92 Å². The number of nitrogens with one attached hydrogen (secondary N) is 1. The van der Waals surface area contributed by atoms with E-state index in [4.69, 9.17) is 0 Å². The standard InChI is InChI=1S/C24H34N4O2/c1-17(2)9-12-27-23(30)28(18(3)4)22(29)24(27)10-13-26(14-11-24)16-20-15-19-7-5-6-8-21(19)25-20/h5-8,15,17-18,25H,9-14,16H2,1-4H3. The number of benzene rings is 1. The third-order valence-electron chi connectivity index (χ3n) is 6.68. The molecule has 1 spiro atoms. The Morgan fingerprint density at radius 2 is 1.77 bits per heavy atom. The Morgan fingerprint density at radius 1 is 1.07 bits per heavy atom. The number of fused-ring (bicyclic) bond motifs is 1. The van der Waals surface area contributed by atoms with Crippen molar-refractivity contribution in [3.05, 3.63) is 36.0 Å². The van der Waals surface area contributed by atoms with Crippen molar-refractivity contribution in [3.63, 3.8) is 0 Å². The number of carbonyl (C=O) groups excluding carboxylic acids is 2. The number of piperidine rings is 1. The van der Waals surface area contributed by atoms with E-state index in [9.17, 15) is 9.59 Å². The molecular formula is C24H34N4O2. The molecule has 0 atom stereocenters. The van der Waals surface area contributed by atoms with E-state index in [1.807, 2.05) is 24.8 Å². The van der Waals surface area contributed by atoms with Crippen LogP contribution >= 0.6 is 0 Å². The van der Waals surface area contributed by atoms with E-state index in [-0.39, 0.29) is 18.0 Å². The van der Waals surface area contributed by atoms with E-state index >= 15 is 0 Å². The summed E-state index contributed by atoms with van der Waals surface area (Å²) in [4.78, 5) is 35.8. The minimum atomic E-state index is -0.660. The molecule has 30 heavy (non-hydrogen) atoms. The van der Waals surface area contributed by atoms with Crippen LogP contribution in [0.25, 0.3) is 10.9 Å². The van der Waals surface area contributed by atoms with Crippen LogP contribution in [0.1, 0.15) is 52.7 Å². The molecule has 0 aliphatic carbocycles. The zero-order valence-electron chi connectivity index (χ0n) is 18.6. The largest absolute Gasteiger partial charge is 0.357 e. The molecule has 1 aromatic carbocycles. The average Bonchev–Trinajstić information content (AvgIpc) is 3.19. The summed E-state index contributed by atoms with van der Waals surface area (Å²) in [5.41, 5.74) is 1.69. The van der Waals surface area contributed by atoms with E-state index in [1.165, 1.54) is 16.0 Å². The molecule has 0 saturated carbocycles. The lowest BCUT2D eigenvalue weighted by Crippen LogP contribution is -2.56. The van der Waals surface area contributed by atoms with E-state index in [1.54, 1.807) is 0 Å². The lowest BCUT2D eigenvalue weighted by atomic mass is 9.85. The fourth-order valence-corrected chi connectivity index (χ4v) is 4.92. The van der Waals surface area contributed by atoms with Gasteiger partial charge in [0, 0.05) is 43.4 Å². The van der Waals surface area contributed by atoms with Gasteiger partial charge in [0.05, 0.1) is 0 Å². The van der Waals surface area contributed by atoms with Gasteiger partial charge in [-0.1, -0.05) is 32.0 Å². The van der Waals surface area contributed by atoms with Gasteiger partial charge in [0.25, 0.3) is 5.91 Å². The maximum absolute atomic E-state index is 13.4. The first-order valence-electron chi connectivity index (χ1n) is 11.3. The Morgan fingerprint density at radius 3 is 2.40 bits per heavy atom. The molecule has 3 amide bonds. The summed E-state index contributed by atoms with van der Waals surface area (Å²) in [5, 5.41) is 1.23. The molecule has 6 nitrogen and oxygen atoms in total. The van der Waals surface area contributed by atoms with Gasteiger partial charge < -0.3 is 9.88 Å². The molecule has 0 bridgehead atoms. The summed E-state index contributed by atoms with van der Waals surface area (Å²) in [6.07, 6.45) is 2.34. The van der Waals surface area contributed by atoms with Gasteiger partial charge in [0.15, 0.2) is 0 Å². The molecule has 6 heteroatoms. The van der Waals surface area contributed by atoms with Gasteiger partial charge in [0.2, 0.25) is 0 Å². The second-order valence-electron chi connectivity index (χ2n) is 9.58. The van der Waals surface area contributed by atoms with Crippen LogP contribution in [0.3, 0.4) is 0 Å². The van der Waals surface area contributed by atoms with Gasteiger partial charge >= 0.3 is 6.03 Å². The SMILES string of the molecule is CC(C)CCN1C(=O)N(C(C)C)C(=O)C12CCN(Cc1cc3ccccc3[nH]1)CC2. The summed E-state index contributed by atoms with van der Waals surface area (Å²) >= 11 is 0. The molecular weight excluding hydrogens is 376 g/mol. The molecule has 2 aliphatic heterocycles. The van der Waals surface area contributed by atoms with Crippen molar-refractivity contribution < 1.29 is 9.59 Å². The van der Waals surface area contributed by atoms with Crippen molar-refractivity contribution >= 4 is 22.8 Å². The van der Waals surface area contributed by atoms with Crippen LogP contribution < -0.4 is 0 Å². The number of likely N-dealkylation sites (tertiary alicyclic amines) is 1. The first-order chi connectivity index (χ1) is 14.3. The van der Waals surface area contributed by atoms with Gasteiger partial charge in [-0.3, -0.25) is 14.6 Å². The molecule has 2 aromatic rings. The maximum Gasteiger partial charge on any atom is 0.327 e. The predicted molar refractivity (Wildman–Crippen MR) is 119 cm³/mol. The number of hydrogen-bond donors (Lipinski definition) is 1. The Balaban J connectivity index is 1.49. The highest BCUT2D eigenvalue weighted by Crippen LogP contribution is 2.39. The lowest BCUT2D eigenvalue weighted by molar-refractivity contribution is -0.136. The molecule has 1 aromatic heterocycles. The van der Waals surface area contributed by atoms with E-state index < -0.39 is 5.54 Å². The molecule has 2 saturated heterocycles. The normalized spacial score (nSPS) is 19.9. The second kappa shape index (κ2) is 8.06. The Hall–Kier alpha value is -2.34. The number of amides is 3. The van der Waals surface area contributed by atoms with Crippen molar-refractivity contribution in [2.75, 3.05) is 19.6 Å². The first-order valence-corrected chi connectivity index (χ1v) is 11.3. The quantitative estimate of drug-likeness (QED) is 0.726. The van der Waals surface area contributed by atoms with Crippen LogP contribution in [0.15, 0.2) is 30.3 Å². The van der Waals surface area contributed by atoms with Gasteiger partial charge in [0.1, 0.15) is 5.54 Å². The lowest BCUT2D eigenvalue weighted by Gasteiger charge is -2.42. The monoisotopic (exact) mass is 410 g/mol. The topological polar surface area (TPSA) is 59.7 Å². The number of aromatic nitrogens is 1. The predicted octanol–water partition coefficient (Wildman–Crippen LogP) is 4.22. The third kappa shape index (κ3) is 3.62. The summed E-state index contributed by atoms with van der Waals surface area (Å²) in [5.74, 6) is 0.511. The highest BCUT2D eigenvalue weighted by molar-refractivity contribution is 6.07. The fourth-order valence-electron chi connectivity index (χ4n) is 4.92. The number of H-pyrrole nitrogens is 1. The number of carbonyl (C=O) groups is 2. The van der Waals surface area contributed by atoms with Gasteiger partial charge in [-0.05, 0) is 56.5 Å². The van der Waals surface area contributed by atoms with Crippen LogP contribution in [0.4, 0.5) is 4.79 Å². The van der Waals surface area contributed by atoms with Crippen LogP contribution in [0, 0.1) is 5.92 Å². The summed E-state index contributed by atoms with van der Waals surface area (Å²) in [6.45, 7) is 11.3. The molecule has 2 aliphatic rings. The number of aromatic amines is 1. The molecule has 0 unspecified atom stereocenters. The van der Waals surface area contributed by atoms with Crippen LogP contribution in [-0.4, -0.2) is 62.8 Å². The molecule has 2 fully saturated rings. The number of hydrogen-bond acceptors (Lipinski definition) is 3.